The third-order valence-electron chi connectivity index (χ3n) is 6.98. The third kappa shape index (κ3) is 7.55. The molecule has 0 bridgehead atoms. The monoisotopic (exact) mass is 632 g/mol. The maximum atomic E-state index is 15.5. The molecule has 2 aromatic heterocycles. The standard InChI is InChI=1S/C31H33FO9S2/c1-16(30(34)35)6-7-19-11-18-12-23(22(38-3)14-25(18)42-19)40-8-5-9-41-29-24(39-4)15-26-20(28(29)32)13-27(43-26)21(33)10-17(2)31(36)37/h11-17H,5-10H2,1-4H3,(H,34,35)(H,36,37). The van der Waals surface area contributed by atoms with Crippen LogP contribution >= 0.6 is 22.7 Å². The number of methoxy groups -OCH3 is 2. The molecule has 230 valence electrons. The lowest BCUT2D eigenvalue weighted by Crippen LogP contribution is -2.13. The van der Waals surface area contributed by atoms with Gasteiger partial charge in [0.2, 0.25) is 0 Å². The summed E-state index contributed by atoms with van der Waals surface area (Å²) in [6.45, 7) is 3.54. The average molecular weight is 633 g/mol. The van der Waals surface area contributed by atoms with Gasteiger partial charge in [-0.2, -0.15) is 0 Å². The van der Waals surface area contributed by atoms with Gasteiger partial charge in [-0.25, -0.2) is 4.39 Å². The van der Waals surface area contributed by atoms with Crippen LogP contribution in [0, 0.1) is 17.7 Å². The minimum Gasteiger partial charge on any atom is -0.493 e. The highest BCUT2D eigenvalue weighted by atomic mass is 32.1. The van der Waals surface area contributed by atoms with E-state index in [0.29, 0.717) is 35.5 Å². The molecule has 0 amide bonds. The number of aliphatic carboxylic acids is 2. The number of carbonyl (C=O) groups is 3. The lowest BCUT2D eigenvalue weighted by atomic mass is 10.0. The van der Waals surface area contributed by atoms with Gasteiger partial charge in [-0.1, -0.05) is 13.8 Å². The van der Waals surface area contributed by atoms with E-state index in [2.05, 4.69) is 0 Å². The number of hydrogen-bond donors (Lipinski definition) is 2. The smallest absolute Gasteiger partial charge is 0.306 e. The number of carboxylic acid groups (broad SMARTS) is 2. The SMILES string of the molecule is COc1cc2sc(CCC(C)C(=O)O)cc2cc1OCCCOc1c(OC)cc2sc(C(=O)CC(C)C(=O)O)cc2c1F. The van der Waals surface area contributed by atoms with Gasteiger partial charge in [0.05, 0.1) is 44.1 Å². The van der Waals surface area contributed by atoms with Crippen molar-refractivity contribution in [1.29, 1.82) is 0 Å². The molecule has 0 saturated heterocycles. The van der Waals surface area contributed by atoms with E-state index in [0.717, 1.165) is 26.3 Å². The number of hydrogen-bond acceptors (Lipinski definition) is 9. The van der Waals surface area contributed by atoms with E-state index in [9.17, 15) is 14.4 Å². The molecule has 0 aliphatic rings. The van der Waals surface area contributed by atoms with Gasteiger partial charge in [-0.15, -0.1) is 22.7 Å². The molecule has 2 N–H and O–H groups in total. The molecule has 0 saturated carbocycles. The van der Waals surface area contributed by atoms with Gasteiger partial charge < -0.3 is 29.2 Å². The summed E-state index contributed by atoms with van der Waals surface area (Å²) in [5, 5.41) is 19.4. The maximum absolute atomic E-state index is 15.5. The van der Waals surface area contributed by atoms with Gasteiger partial charge in [0.15, 0.2) is 34.6 Å². The van der Waals surface area contributed by atoms with Crippen molar-refractivity contribution in [2.24, 2.45) is 11.8 Å². The second-order valence-corrected chi connectivity index (χ2v) is 12.4. The molecule has 0 spiro atoms. The van der Waals surface area contributed by atoms with Crippen LogP contribution in [0.5, 0.6) is 23.0 Å². The Bertz CT molecular complexity index is 1640. The van der Waals surface area contributed by atoms with Crippen molar-refractivity contribution in [3.05, 3.63) is 45.9 Å². The first-order valence-electron chi connectivity index (χ1n) is 13.7. The van der Waals surface area contributed by atoms with Crippen LogP contribution in [-0.2, 0) is 16.0 Å². The summed E-state index contributed by atoms with van der Waals surface area (Å²) in [7, 11) is 2.96. The topological polar surface area (TPSA) is 129 Å². The molecule has 43 heavy (non-hydrogen) atoms. The Labute approximate surface area is 255 Å². The summed E-state index contributed by atoms with van der Waals surface area (Å²) in [6, 6.07) is 8.84. The fourth-order valence-corrected chi connectivity index (χ4v) is 6.51. The molecule has 4 aromatic rings. The number of thiophene rings is 2. The van der Waals surface area contributed by atoms with E-state index < -0.39 is 29.6 Å². The van der Waals surface area contributed by atoms with Crippen LogP contribution in [-0.4, -0.2) is 55.4 Å². The van der Waals surface area contributed by atoms with E-state index in [1.54, 1.807) is 31.4 Å². The Hall–Kier alpha value is -3.90. The van der Waals surface area contributed by atoms with E-state index in [4.69, 9.17) is 29.2 Å². The number of carboxylic acids is 2. The van der Waals surface area contributed by atoms with Gasteiger partial charge in [0.1, 0.15) is 0 Å². The summed E-state index contributed by atoms with van der Waals surface area (Å²) < 4.78 is 39.5. The fourth-order valence-electron chi connectivity index (χ4n) is 4.38. The highest BCUT2D eigenvalue weighted by molar-refractivity contribution is 7.21. The minimum absolute atomic E-state index is 0.0762. The normalized spacial score (nSPS) is 12.7. The molecule has 12 heteroatoms. The lowest BCUT2D eigenvalue weighted by molar-refractivity contribution is -0.142. The number of halogens is 1. The van der Waals surface area contributed by atoms with Crippen LogP contribution in [0.4, 0.5) is 4.39 Å². The quantitative estimate of drug-likeness (QED) is 0.0985. The molecule has 0 fully saturated rings. The van der Waals surface area contributed by atoms with E-state index in [1.807, 2.05) is 18.2 Å². The third-order valence-corrected chi connectivity index (χ3v) is 9.26. The Kier molecular flexibility index (Phi) is 10.5. The fraction of sp³-hybridized carbons (Fsp3) is 0.387. The largest absolute Gasteiger partial charge is 0.493 e. The number of Topliss-reactive ketones (excluding diaryl/α,β-unsaturated/α-hetero) is 1. The van der Waals surface area contributed by atoms with Crippen LogP contribution in [0.1, 0.15) is 47.7 Å². The first-order chi connectivity index (χ1) is 20.5. The zero-order chi connectivity index (χ0) is 31.3. The van der Waals surface area contributed by atoms with Crippen molar-refractivity contribution in [2.45, 2.75) is 39.5 Å². The predicted molar refractivity (Wildman–Crippen MR) is 163 cm³/mol. The molecule has 0 aliphatic carbocycles. The zero-order valence-corrected chi connectivity index (χ0v) is 25.9. The molecule has 2 aromatic carbocycles. The zero-order valence-electron chi connectivity index (χ0n) is 24.2. The number of ether oxygens (including phenoxy) is 4. The summed E-state index contributed by atoms with van der Waals surface area (Å²) in [5.74, 6) is -2.93. The average Bonchev–Trinajstić information content (AvgIpc) is 3.59. The molecular formula is C31H33FO9S2. The van der Waals surface area contributed by atoms with Crippen molar-refractivity contribution in [3.8, 4) is 23.0 Å². The first-order valence-corrected chi connectivity index (χ1v) is 15.3. The first kappa shape index (κ1) is 32.0. The maximum Gasteiger partial charge on any atom is 0.306 e. The van der Waals surface area contributed by atoms with Crippen molar-refractivity contribution in [3.63, 3.8) is 0 Å². The highest BCUT2D eigenvalue weighted by Gasteiger charge is 2.23. The molecule has 0 aliphatic heterocycles. The molecule has 2 heterocycles. The molecule has 2 unspecified atom stereocenters. The number of aryl methyl sites for hydroxylation is 1. The molecule has 2 atom stereocenters. The molecular weight excluding hydrogens is 599 g/mol. The Balaban J connectivity index is 1.39. The molecule has 4 rings (SSSR count). The predicted octanol–water partition coefficient (Wildman–Crippen LogP) is 7.07. The summed E-state index contributed by atoms with van der Waals surface area (Å²) in [4.78, 5) is 36.2. The summed E-state index contributed by atoms with van der Waals surface area (Å²) >= 11 is 2.67. The van der Waals surface area contributed by atoms with Gasteiger partial charge >= 0.3 is 11.9 Å². The summed E-state index contributed by atoms with van der Waals surface area (Å²) in [6.07, 6.45) is 1.46. The van der Waals surface area contributed by atoms with Gasteiger partial charge in [-0.3, -0.25) is 14.4 Å². The van der Waals surface area contributed by atoms with E-state index >= 15 is 4.39 Å². The number of rotatable bonds is 16. The van der Waals surface area contributed by atoms with E-state index in [1.165, 1.54) is 20.1 Å². The Morgan fingerprint density at radius 2 is 1.51 bits per heavy atom. The van der Waals surface area contributed by atoms with Crippen molar-refractivity contribution in [2.75, 3.05) is 27.4 Å². The van der Waals surface area contributed by atoms with Crippen molar-refractivity contribution < 1.29 is 47.9 Å². The van der Waals surface area contributed by atoms with E-state index in [-0.39, 0.29) is 47.2 Å². The number of ketones is 1. The van der Waals surface area contributed by atoms with Crippen molar-refractivity contribution in [1.82, 2.24) is 0 Å². The van der Waals surface area contributed by atoms with Crippen LogP contribution < -0.4 is 18.9 Å². The molecule has 0 radical (unpaired) electrons. The van der Waals surface area contributed by atoms with Crippen LogP contribution in [0.15, 0.2) is 30.3 Å². The number of benzene rings is 2. The number of fused-ring (bicyclic) bond motifs is 2. The Morgan fingerprint density at radius 1 is 0.837 bits per heavy atom. The Morgan fingerprint density at radius 3 is 2.19 bits per heavy atom. The van der Waals surface area contributed by atoms with Crippen LogP contribution in [0.3, 0.4) is 0 Å². The van der Waals surface area contributed by atoms with Gasteiger partial charge in [0, 0.05) is 44.6 Å². The minimum atomic E-state index is -1.07. The number of carbonyl (C=O) groups excluding carboxylic acids is 1. The van der Waals surface area contributed by atoms with Crippen LogP contribution in [0.25, 0.3) is 20.2 Å². The molecule has 9 nitrogen and oxygen atoms in total. The summed E-state index contributed by atoms with van der Waals surface area (Å²) in [5.41, 5.74) is 0. The van der Waals surface area contributed by atoms with Gasteiger partial charge in [-0.05, 0) is 36.4 Å². The van der Waals surface area contributed by atoms with Crippen molar-refractivity contribution >= 4 is 60.6 Å². The van der Waals surface area contributed by atoms with Gasteiger partial charge in [0.25, 0.3) is 0 Å². The van der Waals surface area contributed by atoms with Crippen LogP contribution in [0.2, 0.25) is 0 Å². The second-order valence-electron chi connectivity index (χ2n) is 10.2. The lowest BCUT2D eigenvalue weighted by Gasteiger charge is -2.13. The highest BCUT2D eigenvalue weighted by Crippen LogP contribution is 2.41. The second kappa shape index (κ2) is 14.0.